The molecule has 1 aromatic heterocycles. The maximum Gasteiger partial charge on any atom is 0.416 e. The van der Waals surface area contributed by atoms with Gasteiger partial charge in [0.15, 0.2) is 0 Å². The largest absolute Gasteiger partial charge is 0.491 e. The van der Waals surface area contributed by atoms with Crippen LogP contribution in [-0.2, 0) is 4.74 Å². The Balaban J connectivity index is 2.70. The Morgan fingerprint density at radius 1 is 1.26 bits per heavy atom. The van der Waals surface area contributed by atoms with Crippen molar-refractivity contribution in [2.24, 2.45) is 0 Å². The van der Waals surface area contributed by atoms with E-state index in [9.17, 15) is 24.8 Å². The Hall–Kier alpha value is -3.14. The number of rotatable bonds is 6. The molecule has 0 saturated carbocycles. The van der Waals surface area contributed by atoms with Crippen LogP contribution in [-0.4, -0.2) is 52.1 Å². The van der Waals surface area contributed by atoms with Gasteiger partial charge in [-0.3, -0.25) is 10.1 Å². The smallest absolute Gasteiger partial charge is 0.416 e. The van der Waals surface area contributed by atoms with Gasteiger partial charge in [-0.15, -0.1) is 0 Å². The van der Waals surface area contributed by atoms with Crippen molar-refractivity contribution >= 4 is 28.7 Å². The van der Waals surface area contributed by atoms with Crippen molar-refractivity contribution in [2.75, 3.05) is 20.3 Å². The number of benzene rings is 1. The zero-order valence-corrected chi connectivity index (χ0v) is 11.9. The summed E-state index contributed by atoms with van der Waals surface area (Å²) in [4.78, 5) is 32.9. The molecule has 0 saturated heterocycles. The quantitative estimate of drug-likeness (QED) is 0.465. The van der Waals surface area contributed by atoms with E-state index in [1.165, 1.54) is 13.2 Å². The maximum absolute atomic E-state index is 11.3. The maximum atomic E-state index is 11.3. The van der Waals surface area contributed by atoms with Gasteiger partial charge in [-0.1, -0.05) is 0 Å². The van der Waals surface area contributed by atoms with E-state index in [-0.39, 0.29) is 29.9 Å². The van der Waals surface area contributed by atoms with Crippen molar-refractivity contribution in [2.45, 2.75) is 0 Å². The van der Waals surface area contributed by atoms with Gasteiger partial charge in [-0.05, 0) is 12.1 Å². The molecular weight excluding hydrogens is 312 g/mol. The zero-order chi connectivity index (χ0) is 17.1. The minimum atomic E-state index is -1.63. The topological polar surface area (TPSA) is 141 Å². The highest BCUT2D eigenvalue weighted by Gasteiger charge is 2.27. The van der Waals surface area contributed by atoms with Gasteiger partial charge in [-0.25, -0.2) is 14.2 Å². The van der Waals surface area contributed by atoms with E-state index < -0.39 is 28.4 Å². The van der Waals surface area contributed by atoms with Crippen LogP contribution >= 0.6 is 0 Å². The van der Waals surface area contributed by atoms with Crippen LogP contribution < -0.4 is 4.74 Å². The summed E-state index contributed by atoms with van der Waals surface area (Å²) in [6, 6.07) is 3.43. The van der Waals surface area contributed by atoms with Gasteiger partial charge in [-0.2, -0.15) is 0 Å². The minimum absolute atomic E-state index is 0.0754. The summed E-state index contributed by atoms with van der Waals surface area (Å²) < 4.78 is 10.4. The highest BCUT2D eigenvalue weighted by atomic mass is 16.6. The average Bonchev–Trinajstić information content (AvgIpc) is 2.86. The standard InChI is InChI=1S/C13H12N2O8/c1-22-2-3-23-8-4-7-5-10(12(16)17)14(13(18)19)11(7)9(6-8)15(20)21/h4-6H,2-3H2,1H3,(H,16,17)(H,18,19). The molecule has 0 amide bonds. The number of aromatic nitrogens is 1. The fraction of sp³-hybridized carbons (Fsp3) is 0.231. The number of carboxylic acids is 1. The Labute approximate surface area is 128 Å². The number of ether oxygens (including phenoxy) is 2. The van der Waals surface area contributed by atoms with Gasteiger partial charge in [0.25, 0.3) is 5.69 Å². The monoisotopic (exact) mass is 324 g/mol. The summed E-state index contributed by atoms with van der Waals surface area (Å²) >= 11 is 0. The lowest BCUT2D eigenvalue weighted by Crippen LogP contribution is -2.15. The van der Waals surface area contributed by atoms with E-state index in [0.29, 0.717) is 4.57 Å². The Bertz CT molecular complexity index is 795. The Morgan fingerprint density at radius 3 is 2.48 bits per heavy atom. The predicted molar refractivity (Wildman–Crippen MR) is 76.3 cm³/mol. The molecule has 0 radical (unpaired) electrons. The lowest BCUT2D eigenvalue weighted by molar-refractivity contribution is -0.383. The van der Waals surface area contributed by atoms with Crippen molar-refractivity contribution in [3.05, 3.63) is 34.0 Å². The molecule has 23 heavy (non-hydrogen) atoms. The number of fused-ring (bicyclic) bond motifs is 1. The molecule has 0 spiro atoms. The van der Waals surface area contributed by atoms with Crippen LogP contribution in [0.4, 0.5) is 10.5 Å². The van der Waals surface area contributed by atoms with Crippen molar-refractivity contribution in [1.29, 1.82) is 0 Å². The second-order valence-electron chi connectivity index (χ2n) is 4.43. The van der Waals surface area contributed by atoms with Gasteiger partial charge >= 0.3 is 12.1 Å². The van der Waals surface area contributed by atoms with Gasteiger partial charge in [0.2, 0.25) is 0 Å². The lowest BCUT2D eigenvalue weighted by atomic mass is 10.2. The molecule has 0 aliphatic rings. The van der Waals surface area contributed by atoms with Crippen LogP contribution in [0.25, 0.3) is 10.9 Å². The van der Waals surface area contributed by atoms with Gasteiger partial charge in [0, 0.05) is 12.5 Å². The highest BCUT2D eigenvalue weighted by molar-refractivity contribution is 6.04. The third-order valence-electron chi connectivity index (χ3n) is 3.01. The average molecular weight is 324 g/mol. The molecule has 10 nitrogen and oxygen atoms in total. The fourth-order valence-corrected chi connectivity index (χ4v) is 2.12. The van der Waals surface area contributed by atoms with Crippen molar-refractivity contribution < 1.29 is 34.2 Å². The number of nitro benzene ring substituents is 1. The molecule has 1 heterocycles. The number of hydrogen-bond donors (Lipinski definition) is 2. The van der Waals surface area contributed by atoms with E-state index in [0.717, 1.165) is 12.1 Å². The van der Waals surface area contributed by atoms with E-state index in [1.807, 2.05) is 0 Å². The van der Waals surface area contributed by atoms with E-state index in [2.05, 4.69) is 0 Å². The number of carboxylic acid groups (broad SMARTS) is 2. The second kappa shape index (κ2) is 6.32. The van der Waals surface area contributed by atoms with Gasteiger partial charge in [0.05, 0.1) is 17.6 Å². The first-order valence-electron chi connectivity index (χ1n) is 6.29. The summed E-state index contributed by atoms with van der Waals surface area (Å²) in [5.41, 5.74) is -1.48. The molecule has 0 aliphatic carbocycles. The summed E-state index contributed by atoms with van der Waals surface area (Å²) in [6.07, 6.45) is -1.63. The van der Waals surface area contributed by atoms with Crippen molar-refractivity contribution in [3.8, 4) is 5.75 Å². The number of non-ortho nitro benzene ring substituents is 1. The van der Waals surface area contributed by atoms with E-state index in [1.54, 1.807) is 0 Å². The number of nitrogens with zero attached hydrogens (tertiary/aromatic N) is 2. The lowest BCUT2D eigenvalue weighted by Gasteiger charge is -2.07. The molecule has 10 heteroatoms. The molecular formula is C13H12N2O8. The first-order chi connectivity index (χ1) is 10.9. The summed E-state index contributed by atoms with van der Waals surface area (Å²) in [5, 5.41) is 29.6. The Morgan fingerprint density at radius 2 is 1.96 bits per heavy atom. The van der Waals surface area contributed by atoms with Crippen molar-refractivity contribution in [1.82, 2.24) is 4.57 Å². The van der Waals surface area contributed by atoms with Gasteiger partial charge < -0.3 is 19.7 Å². The first kappa shape index (κ1) is 16.2. The predicted octanol–water partition coefficient (Wildman–Crippen LogP) is 1.80. The third kappa shape index (κ3) is 3.06. The molecule has 2 N–H and O–H groups in total. The minimum Gasteiger partial charge on any atom is -0.491 e. The molecule has 0 aliphatic heterocycles. The van der Waals surface area contributed by atoms with Crippen LogP contribution in [0.1, 0.15) is 10.5 Å². The number of carbonyl (C=O) groups is 2. The molecule has 2 aromatic rings. The van der Waals surface area contributed by atoms with Gasteiger partial charge in [0.1, 0.15) is 23.6 Å². The molecule has 2 rings (SSSR count). The van der Waals surface area contributed by atoms with E-state index >= 15 is 0 Å². The van der Waals surface area contributed by atoms with Crippen LogP contribution in [0, 0.1) is 10.1 Å². The zero-order valence-electron chi connectivity index (χ0n) is 11.9. The Kier molecular flexibility index (Phi) is 4.46. The molecule has 122 valence electrons. The highest BCUT2D eigenvalue weighted by Crippen LogP contribution is 2.33. The number of aromatic carboxylic acids is 1. The molecule has 0 bridgehead atoms. The molecule has 0 atom stereocenters. The summed E-state index contributed by atoms with van der Waals surface area (Å²) in [5.74, 6) is -1.40. The van der Waals surface area contributed by atoms with E-state index in [4.69, 9.17) is 14.6 Å². The third-order valence-corrected chi connectivity index (χ3v) is 3.01. The van der Waals surface area contributed by atoms with Crippen LogP contribution in [0.3, 0.4) is 0 Å². The SMILES string of the molecule is COCCOc1cc([N+](=O)[O-])c2c(c1)cc(C(=O)O)n2C(=O)O. The fourth-order valence-electron chi connectivity index (χ4n) is 2.12. The number of hydrogen-bond acceptors (Lipinski definition) is 6. The number of methoxy groups -OCH3 is 1. The van der Waals surface area contributed by atoms with Crippen LogP contribution in [0.5, 0.6) is 5.75 Å². The normalized spacial score (nSPS) is 10.7. The molecule has 0 unspecified atom stereocenters. The second-order valence-corrected chi connectivity index (χ2v) is 4.43. The summed E-state index contributed by atoms with van der Waals surface area (Å²) in [7, 11) is 1.46. The molecule has 1 aromatic carbocycles. The van der Waals surface area contributed by atoms with Crippen LogP contribution in [0.15, 0.2) is 18.2 Å². The first-order valence-corrected chi connectivity index (χ1v) is 6.29. The van der Waals surface area contributed by atoms with Crippen LogP contribution in [0.2, 0.25) is 0 Å². The van der Waals surface area contributed by atoms with Crippen molar-refractivity contribution in [3.63, 3.8) is 0 Å². The number of nitro groups is 1. The molecule has 0 fully saturated rings. The summed E-state index contributed by atoms with van der Waals surface area (Å²) in [6.45, 7) is 0.382.